The molecule has 1 aromatic rings. The van der Waals surface area contributed by atoms with Gasteiger partial charge >= 0.3 is 0 Å². The SMILES string of the molecule is Cc1cc([N+](=O)[O-])ccc1OCC(C)O. The van der Waals surface area contributed by atoms with Gasteiger partial charge in [-0.25, -0.2) is 0 Å². The van der Waals surface area contributed by atoms with Gasteiger partial charge in [-0.2, -0.15) is 0 Å². The van der Waals surface area contributed by atoms with Crippen LogP contribution >= 0.6 is 0 Å². The minimum Gasteiger partial charge on any atom is -0.491 e. The third-order valence-electron chi connectivity index (χ3n) is 1.85. The van der Waals surface area contributed by atoms with E-state index in [0.717, 1.165) is 0 Å². The molecular formula is C10H13NO4. The highest BCUT2D eigenvalue weighted by molar-refractivity contribution is 5.42. The van der Waals surface area contributed by atoms with E-state index in [1.807, 2.05) is 0 Å². The smallest absolute Gasteiger partial charge is 0.269 e. The van der Waals surface area contributed by atoms with Crippen LogP contribution in [0.4, 0.5) is 5.69 Å². The lowest BCUT2D eigenvalue weighted by molar-refractivity contribution is -0.384. The molecule has 1 aromatic carbocycles. The Morgan fingerprint density at radius 3 is 2.73 bits per heavy atom. The number of benzene rings is 1. The second-order valence-electron chi connectivity index (χ2n) is 3.37. The topological polar surface area (TPSA) is 72.6 Å². The van der Waals surface area contributed by atoms with Gasteiger partial charge in [0, 0.05) is 12.1 Å². The molecule has 1 atom stereocenters. The molecule has 0 aliphatic carbocycles. The molecule has 1 rings (SSSR count). The first kappa shape index (κ1) is 11.5. The average Bonchev–Trinajstić information content (AvgIpc) is 2.15. The summed E-state index contributed by atoms with van der Waals surface area (Å²) in [6, 6.07) is 4.36. The number of rotatable bonds is 4. The van der Waals surface area contributed by atoms with Crippen molar-refractivity contribution in [3.05, 3.63) is 33.9 Å². The van der Waals surface area contributed by atoms with Crippen LogP contribution < -0.4 is 4.74 Å². The van der Waals surface area contributed by atoms with E-state index in [1.54, 1.807) is 13.8 Å². The Hall–Kier alpha value is -1.62. The van der Waals surface area contributed by atoms with Gasteiger partial charge < -0.3 is 9.84 Å². The predicted molar refractivity (Wildman–Crippen MR) is 55.0 cm³/mol. The van der Waals surface area contributed by atoms with Gasteiger partial charge in [0.05, 0.1) is 11.0 Å². The van der Waals surface area contributed by atoms with Gasteiger partial charge in [0.2, 0.25) is 0 Å². The van der Waals surface area contributed by atoms with Gasteiger partial charge in [-0.3, -0.25) is 10.1 Å². The highest BCUT2D eigenvalue weighted by atomic mass is 16.6. The number of nitro benzene ring substituents is 1. The lowest BCUT2D eigenvalue weighted by atomic mass is 10.2. The second-order valence-corrected chi connectivity index (χ2v) is 3.37. The molecule has 0 aromatic heterocycles. The maximum absolute atomic E-state index is 10.5. The van der Waals surface area contributed by atoms with E-state index in [2.05, 4.69) is 0 Å². The van der Waals surface area contributed by atoms with Crippen LogP contribution in [0.15, 0.2) is 18.2 Å². The summed E-state index contributed by atoms with van der Waals surface area (Å²) in [5, 5.41) is 19.5. The number of hydrogen-bond donors (Lipinski definition) is 1. The zero-order valence-corrected chi connectivity index (χ0v) is 8.64. The maximum Gasteiger partial charge on any atom is 0.269 e. The summed E-state index contributed by atoms with van der Waals surface area (Å²) >= 11 is 0. The van der Waals surface area contributed by atoms with Crippen LogP contribution in [-0.2, 0) is 0 Å². The number of aryl methyl sites for hydroxylation is 1. The average molecular weight is 211 g/mol. The molecule has 15 heavy (non-hydrogen) atoms. The molecule has 0 spiro atoms. The van der Waals surface area contributed by atoms with Gasteiger partial charge in [0.25, 0.3) is 5.69 Å². The van der Waals surface area contributed by atoms with Crippen LogP contribution in [0.25, 0.3) is 0 Å². The second kappa shape index (κ2) is 4.75. The zero-order chi connectivity index (χ0) is 11.4. The molecule has 5 heteroatoms. The molecule has 0 amide bonds. The fourth-order valence-corrected chi connectivity index (χ4v) is 1.12. The van der Waals surface area contributed by atoms with Crippen molar-refractivity contribution >= 4 is 5.69 Å². The van der Waals surface area contributed by atoms with Crippen molar-refractivity contribution in [2.45, 2.75) is 20.0 Å². The lowest BCUT2D eigenvalue weighted by Gasteiger charge is -2.09. The quantitative estimate of drug-likeness (QED) is 0.607. The molecule has 82 valence electrons. The van der Waals surface area contributed by atoms with Crippen molar-refractivity contribution in [1.29, 1.82) is 0 Å². The van der Waals surface area contributed by atoms with E-state index in [1.165, 1.54) is 18.2 Å². The largest absolute Gasteiger partial charge is 0.491 e. The molecule has 0 radical (unpaired) electrons. The first-order valence-corrected chi connectivity index (χ1v) is 4.56. The molecule has 0 heterocycles. The Kier molecular flexibility index (Phi) is 3.62. The number of hydrogen-bond acceptors (Lipinski definition) is 4. The molecule has 1 N–H and O–H groups in total. The summed E-state index contributed by atoms with van der Waals surface area (Å²) in [6.07, 6.45) is -0.556. The Balaban J connectivity index is 2.79. The van der Waals surface area contributed by atoms with Crippen molar-refractivity contribution in [2.75, 3.05) is 6.61 Å². The molecule has 1 unspecified atom stereocenters. The van der Waals surface area contributed by atoms with E-state index in [4.69, 9.17) is 9.84 Å². The molecule has 0 aliphatic rings. The summed E-state index contributed by atoms with van der Waals surface area (Å²) in [5.74, 6) is 0.557. The van der Waals surface area contributed by atoms with Gasteiger partial charge in [0.1, 0.15) is 12.4 Å². The van der Waals surface area contributed by atoms with Gasteiger partial charge in [-0.15, -0.1) is 0 Å². The van der Waals surface area contributed by atoms with E-state index < -0.39 is 11.0 Å². The number of nitro groups is 1. The lowest BCUT2D eigenvalue weighted by Crippen LogP contribution is -2.13. The fourth-order valence-electron chi connectivity index (χ4n) is 1.12. The summed E-state index contributed by atoms with van der Waals surface area (Å²) in [4.78, 5) is 10.0. The number of aliphatic hydroxyl groups excluding tert-OH is 1. The molecule has 0 fully saturated rings. The van der Waals surface area contributed by atoms with Crippen molar-refractivity contribution in [3.8, 4) is 5.75 Å². The van der Waals surface area contributed by atoms with Crippen LogP contribution in [0.2, 0.25) is 0 Å². The number of aliphatic hydroxyl groups is 1. The molecule has 0 saturated heterocycles. The van der Waals surface area contributed by atoms with Crippen molar-refractivity contribution < 1.29 is 14.8 Å². The summed E-state index contributed by atoms with van der Waals surface area (Å²) in [6.45, 7) is 3.52. The minimum absolute atomic E-state index is 0.0388. The number of non-ortho nitro benzene ring substituents is 1. The Labute approximate surface area is 87.5 Å². The van der Waals surface area contributed by atoms with Gasteiger partial charge in [-0.1, -0.05) is 0 Å². The van der Waals surface area contributed by atoms with Crippen molar-refractivity contribution in [3.63, 3.8) is 0 Å². The van der Waals surface area contributed by atoms with Crippen LogP contribution in [-0.4, -0.2) is 22.7 Å². The Morgan fingerprint density at radius 2 is 2.27 bits per heavy atom. The molecule has 0 bridgehead atoms. The van der Waals surface area contributed by atoms with Gasteiger partial charge in [-0.05, 0) is 25.5 Å². The standard InChI is InChI=1S/C10H13NO4/c1-7-5-9(11(13)14)3-4-10(7)15-6-8(2)12/h3-5,8,12H,6H2,1-2H3. The minimum atomic E-state index is -0.556. The fraction of sp³-hybridized carbons (Fsp3) is 0.400. The van der Waals surface area contributed by atoms with E-state index in [9.17, 15) is 10.1 Å². The number of ether oxygens (including phenoxy) is 1. The molecule has 0 saturated carbocycles. The number of nitrogens with zero attached hydrogens (tertiary/aromatic N) is 1. The predicted octanol–water partition coefficient (Wildman–Crippen LogP) is 1.66. The zero-order valence-electron chi connectivity index (χ0n) is 8.64. The van der Waals surface area contributed by atoms with Crippen LogP contribution in [0.5, 0.6) is 5.75 Å². The summed E-state index contributed by atoms with van der Waals surface area (Å²) in [5.41, 5.74) is 0.724. The first-order valence-electron chi connectivity index (χ1n) is 4.56. The summed E-state index contributed by atoms with van der Waals surface area (Å²) < 4.78 is 5.26. The maximum atomic E-state index is 10.5. The highest BCUT2D eigenvalue weighted by Crippen LogP contribution is 2.23. The first-order chi connectivity index (χ1) is 7.00. The monoisotopic (exact) mass is 211 g/mol. The van der Waals surface area contributed by atoms with Crippen molar-refractivity contribution in [1.82, 2.24) is 0 Å². The third-order valence-corrected chi connectivity index (χ3v) is 1.85. The van der Waals surface area contributed by atoms with Crippen LogP contribution in [0, 0.1) is 17.0 Å². The van der Waals surface area contributed by atoms with Crippen LogP contribution in [0.1, 0.15) is 12.5 Å². The highest BCUT2D eigenvalue weighted by Gasteiger charge is 2.09. The Morgan fingerprint density at radius 1 is 1.60 bits per heavy atom. The van der Waals surface area contributed by atoms with E-state index >= 15 is 0 Å². The van der Waals surface area contributed by atoms with Crippen molar-refractivity contribution in [2.24, 2.45) is 0 Å². The molecule has 0 aliphatic heterocycles. The molecule has 5 nitrogen and oxygen atoms in total. The molecular weight excluding hydrogens is 198 g/mol. The van der Waals surface area contributed by atoms with Crippen LogP contribution in [0.3, 0.4) is 0 Å². The third kappa shape index (κ3) is 3.21. The summed E-state index contributed by atoms with van der Waals surface area (Å²) in [7, 11) is 0. The Bertz CT molecular complexity index is 362. The normalized spacial score (nSPS) is 12.2. The van der Waals surface area contributed by atoms with E-state index in [-0.39, 0.29) is 12.3 Å². The van der Waals surface area contributed by atoms with E-state index in [0.29, 0.717) is 11.3 Å². The van der Waals surface area contributed by atoms with Gasteiger partial charge in [0.15, 0.2) is 0 Å².